The predicted molar refractivity (Wildman–Crippen MR) is 166 cm³/mol. The summed E-state index contributed by atoms with van der Waals surface area (Å²) in [5.41, 5.74) is 2.09. The van der Waals surface area contributed by atoms with Gasteiger partial charge in [-0.1, -0.05) is 30.3 Å². The van der Waals surface area contributed by atoms with Gasteiger partial charge in [-0.2, -0.15) is 5.26 Å². The van der Waals surface area contributed by atoms with Crippen LogP contribution in [-0.4, -0.2) is 54.2 Å². The molecule has 1 heterocycles. The van der Waals surface area contributed by atoms with Crippen LogP contribution in [0.2, 0.25) is 0 Å². The van der Waals surface area contributed by atoms with Crippen LogP contribution in [0.15, 0.2) is 60.7 Å². The zero-order valence-electron chi connectivity index (χ0n) is 25.5. The topological polar surface area (TPSA) is 145 Å². The van der Waals surface area contributed by atoms with Gasteiger partial charge in [0.05, 0.1) is 22.9 Å². The maximum absolute atomic E-state index is 13.6. The van der Waals surface area contributed by atoms with Crippen LogP contribution in [0.3, 0.4) is 0 Å². The van der Waals surface area contributed by atoms with Gasteiger partial charge in [0.1, 0.15) is 17.2 Å². The Labute approximate surface area is 257 Å². The molecule has 0 radical (unpaired) electrons. The molecular formula is C33H39FN6O4. The fourth-order valence-corrected chi connectivity index (χ4v) is 4.24. The molecule has 0 saturated heterocycles. The van der Waals surface area contributed by atoms with Crippen molar-refractivity contribution in [3.8, 4) is 17.3 Å². The number of carbonyl (C=O) groups excluding carboxylic acids is 3. The Morgan fingerprint density at radius 1 is 1.02 bits per heavy atom. The van der Waals surface area contributed by atoms with Crippen molar-refractivity contribution in [2.24, 2.45) is 0 Å². The lowest BCUT2D eigenvalue weighted by Crippen LogP contribution is -2.42. The quantitative estimate of drug-likeness (QED) is 0.203. The van der Waals surface area contributed by atoms with Crippen LogP contribution in [0.25, 0.3) is 11.3 Å². The maximum atomic E-state index is 13.6. The van der Waals surface area contributed by atoms with E-state index >= 15 is 0 Å². The molecule has 0 unspecified atom stereocenters. The summed E-state index contributed by atoms with van der Waals surface area (Å²) in [6.07, 6.45) is 0.592. The second kappa shape index (κ2) is 16.0. The minimum absolute atomic E-state index is 0.169. The number of benzene rings is 2. The number of rotatable bonds is 13. The van der Waals surface area contributed by atoms with Crippen LogP contribution in [0.5, 0.6) is 0 Å². The molecule has 232 valence electrons. The average molecular weight is 603 g/mol. The Bertz CT molecular complexity index is 1500. The highest BCUT2D eigenvalue weighted by Gasteiger charge is 2.18. The first-order valence-corrected chi connectivity index (χ1v) is 14.5. The molecule has 0 spiro atoms. The van der Waals surface area contributed by atoms with E-state index in [4.69, 9.17) is 4.74 Å². The van der Waals surface area contributed by atoms with Crippen LogP contribution in [0.4, 0.5) is 15.0 Å². The second-order valence-electron chi connectivity index (χ2n) is 11.3. The zero-order valence-corrected chi connectivity index (χ0v) is 25.5. The van der Waals surface area contributed by atoms with Gasteiger partial charge in [0.25, 0.3) is 5.91 Å². The van der Waals surface area contributed by atoms with Gasteiger partial charge in [0, 0.05) is 37.7 Å². The van der Waals surface area contributed by atoms with Crippen LogP contribution in [0, 0.1) is 17.1 Å². The number of alkyl carbamates (subject to hydrolysis) is 1. The first-order valence-electron chi connectivity index (χ1n) is 14.5. The summed E-state index contributed by atoms with van der Waals surface area (Å²) in [6, 6.07) is 18.5. The summed E-state index contributed by atoms with van der Waals surface area (Å²) < 4.78 is 18.8. The number of nitrogens with zero attached hydrogens (tertiary/aromatic N) is 2. The van der Waals surface area contributed by atoms with Gasteiger partial charge in [-0.05, 0) is 76.4 Å². The van der Waals surface area contributed by atoms with Gasteiger partial charge in [-0.15, -0.1) is 0 Å². The molecular weight excluding hydrogens is 563 g/mol. The number of pyridine rings is 1. The van der Waals surface area contributed by atoms with Crippen LogP contribution >= 0.6 is 0 Å². The number of hydrogen-bond donors (Lipinski definition) is 4. The summed E-state index contributed by atoms with van der Waals surface area (Å²) in [5, 5.41) is 21.0. The minimum atomic E-state index is -0.595. The highest BCUT2D eigenvalue weighted by atomic mass is 19.1. The molecule has 1 atom stereocenters. The predicted octanol–water partition coefficient (Wildman–Crippen LogP) is 4.95. The Hall–Kier alpha value is -4.98. The van der Waals surface area contributed by atoms with E-state index in [2.05, 4.69) is 32.3 Å². The molecule has 0 aliphatic carbocycles. The highest BCUT2D eigenvalue weighted by molar-refractivity contribution is 5.99. The molecule has 0 aliphatic rings. The monoisotopic (exact) mass is 602 g/mol. The lowest BCUT2D eigenvalue weighted by atomic mass is 10.0. The van der Waals surface area contributed by atoms with Gasteiger partial charge in [-0.3, -0.25) is 9.59 Å². The molecule has 3 aromatic rings. The number of ether oxygens (including phenoxy) is 1. The molecule has 11 heteroatoms. The van der Waals surface area contributed by atoms with Crippen molar-refractivity contribution in [1.82, 2.24) is 20.9 Å². The zero-order chi connectivity index (χ0) is 32.1. The molecule has 10 nitrogen and oxygen atoms in total. The third kappa shape index (κ3) is 11.0. The molecule has 0 saturated carbocycles. The lowest BCUT2D eigenvalue weighted by molar-refractivity contribution is -0.121. The van der Waals surface area contributed by atoms with Gasteiger partial charge in [0.15, 0.2) is 0 Å². The number of nitriles is 1. The van der Waals surface area contributed by atoms with Crippen LogP contribution < -0.4 is 21.3 Å². The Morgan fingerprint density at radius 3 is 2.52 bits per heavy atom. The SMILES string of the molecule is C[C@H](CNC(=O)c1ccc(-c2ccccc2C#N)nc1NCCc1cccc(F)c1)NC(=O)CCCNC(=O)OC(C)(C)C. The Kier molecular flexibility index (Phi) is 12.2. The van der Waals surface area contributed by atoms with Crippen molar-refractivity contribution in [2.75, 3.05) is 25.0 Å². The highest BCUT2D eigenvalue weighted by Crippen LogP contribution is 2.25. The van der Waals surface area contributed by atoms with E-state index in [1.807, 2.05) is 12.1 Å². The molecule has 4 N–H and O–H groups in total. The molecule has 3 rings (SSSR count). The normalized spacial score (nSPS) is 11.5. The Balaban J connectivity index is 1.60. The number of halogens is 1. The van der Waals surface area contributed by atoms with Gasteiger partial charge in [0.2, 0.25) is 5.91 Å². The maximum Gasteiger partial charge on any atom is 0.407 e. The first kappa shape index (κ1) is 33.5. The number of nitrogens with one attached hydrogen (secondary N) is 4. The van der Waals surface area contributed by atoms with Crippen molar-refractivity contribution in [2.45, 2.75) is 58.6 Å². The molecule has 0 aliphatic heterocycles. The van der Waals surface area contributed by atoms with E-state index < -0.39 is 17.6 Å². The average Bonchev–Trinajstić information content (AvgIpc) is 2.97. The first-order chi connectivity index (χ1) is 20.9. The summed E-state index contributed by atoms with van der Waals surface area (Å²) in [5.74, 6) is -0.610. The standard InChI is InChI=1S/C33H39FN6O4/c1-22(39-29(41)13-8-17-37-32(43)44-33(2,3)4)21-38-31(42)27-14-15-28(26-12-6-5-10-24(26)20-35)40-30(27)36-18-16-23-9-7-11-25(34)19-23/h5-7,9-12,14-15,19,22H,8,13,16-18,21H2,1-4H3,(H,36,40)(H,37,43)(H,38,42)(H,39,41)/t22-/m1/s1. The van der Waals surface area contributed by atoms with Crippen molar-refractivity contribution >= 4 is 23.7 Å². The molecule has 0 bridgehead atoms. The minimum Gasteiger partial charge on any atom is -0.444 e. The summed E-state index contributed by atoms with van der Waals surface area (Å²) >= 11 is 0. The lowest BCUT2D eigenvalue weighted by Gasteiger charge is -2.19. The summed E-state index contributed by atoms with van der Waals surface area (Å²) in [4.78, 5) is 41.9. The third-order valence-corrected chi connectivity index (χ3v) is 6.28. The number of carbonyl (C=O) groups is 3. The number of anilines is 1. The fourth-order valence-electron chi connectivity index (χ4n) is 4.24. The van der Waals surface area contributed by atoms with Crippen molar-refractivity contribution in [3.63, 3.8) is 0 Å². The largest absolute Gasteiger partial charge is 0.444 e. The molecule has 0 fully saturated rings. The van der Waals surface area contributed by atoms with E-state index in [0.29, 0.717) is 48.6 Å². The Morgan fingerprint density at radius 2 is 1.80 bits per heavy atom. The molecule has 2 aromatic carbocycles. The van der Waals surface area contributed by atoms with Gasteiger partial charge in [-0.25, -0.2) is 14.2 Å². The van der Waals surface area contributed by atoms with E-state index in [0.717, 1.165) is 5.56 Å². The fraction of sp³-hybridized carbons (Fsp3) is 0.364. The van der Waals surface area contributed by atoms with Crippen molar-refractivity contribution in [1.29, 1.82) is 5.26 Å². The molecule has 3 amide bonds. The number of aromatic nitrogens is 1. The molecule has 1 aromatic heterocycles. The van der Waals surface area contributed by atoms with Gasteiger partial charge >= 0.3 is 6.09 Å². The number of hydrogen-bond acceptors (Lipinski definition) is 7. The number of amides is 3. The van der Waals surface area contributed by atoms with Crippen molar-refractivity contribution in [3.05, 3.63) is 83.2 Å². The van der Waals surface area contributed by atoms with Crippen LogP contribution in [-0.2, 0) is 16.0 Å². The van der Waals surface area contributed by atoms with E-state index in [9.17, 15) is 24.0 Å². The van der Waals surface area contributed by atoms with E-state index in [1.54, 1.807) is 64.1 Å². The van der Waals surface area contributed by atoms with E-state index in [1.165, 1.54) is 12.1 Å². The molecule has 44 heavy (non-hydrogen) atoms. The van der Waals surface area contributed by atoms with E-state index in [-0.39, 0.29) is 36.3 Å². The van der Waals surface area contributed by atoms with Gasteiger partial charge < -0.3 is 26.0 Å². The third-order valence-electron chi connectivity index (χ3n) is 6.28. The van der Waals surface area contributed by atoms with Crippen molar-refractivity contribution < 1.29 is 23.5 Å². The second-order valence-corrected chi connectivity index (χ2v) is 11.3. The summed E-state index contributed by atoms with van der Waals surface area (Å²) in [7, 11) is 0. The summed E-state index contributed by atoms with van der Waals surface area (Å²) in [6.45, 7) is 7.94. The van der Waals surface area contributed by atoms with Crippen LogP contribution in [0.1, 0.15) is 62.0 Å². The smallest absolute Gasteiger partial charge is 0.407 e.